The maximum atomic E-state index is 12.7. The normalized spacial score (nSPS) is 23.2. The molecule has 2 atom stereocenters. The van der Waals surface area contributed by atoms with Gasteiger partial charge in [0.2, 0.25) is 0 Å². The van der Waals surface area contributed by atoms with Crippen molar-refractivity contribution in [2.45, 2.75) is 44.2 Å². The SMILES string of the molecule is O=C(N[C@@H](Cc1ccccc1)C1CCCC1)N1CCO[C@H](CO)C1. The van der Waals surface area contributed by atoms with Crippen LogP contribution in [0.2, 0.25) is 0 Å². The van der Waals surface area contributed by atoms with Gasteiger partial charge in [0, 0.05) is 12.6 Å². The predicted molar refractivity (Wildman–Crippen MR) is 92.8 cm³/mol. The molecule has 2 fully saturated rings. The van der Waals surface area contributed by atoms with Crippen molar-refractivity contribution in [1.29, 1.82) is 0 Å². The van der Waals surface area contributed by atoms with Crippen molar-refractivity contribution < 1.29 is 14.6 Å². The quantitative estimate of drug-likeness (QED) is 0.869. The Morgan fingerprint density at radius 1 is 1.29 bits per heavy atom. The topological polar surface area (TPSA) is 61.8 Å². The zero-order valence-electron chi connectivity index (χ0n) is 14.2. The molecule has 5 nitrogen and oxygen atoms in total. The number of carbonyl (C=O) groups excluding carboxylic acids is 1. The van der Waals surface area contributed by atoms with E-state index in [9.17, 15) is 9.90 Å². The molecule has 2 N–H and O–H groups in total. The second kappa shape index (κ2) is 8.49. The zero-order valence-corrected chi connectivity index (χ0v) is 14.2. The highest BCUT2D eigenvalue weighted by Gasteiger charge is 2.30. The molecular formula is C19H28N2O3. The van der Waals surface area contributed by atoms with Gasteiger partial charge in [0.25, 0.3) is 0 Å². The van der Waals surface area contributed by atoms with Gasteiger partial charge >= 0.3 is 6.03 Å². The van der Waals surface area contributed by atoms with Crippen LogP contribution in [0, 0.1) is 5.92 Å². The molecule has 0 bridgehead atoms. The van der Waals surface area contributed by atoms with E-state index in [1.54, 1.807) is 4.90 Å². The predicted octanol–water partition coefficient (Wildman–Crippen LogP) is 2.19. The molecule has 2 aliphatic rings. The summed E-state index contributed by atoms with van der Waals surface area (Å²) in [5.74, 6) is 0.559. The van der Waals surface area contributed by atoms with Crippen molar-refractivity contribution in [2.24, 2.45) is 5.92 Å². The van der Waals surface area contributed by atoms with Gasteiger partial charge in [-0.3, -0.25) is 0 Å². The Hall–Kier alpha value is -1.59. The van der Waals surface area contributed by atoms with Crippen molar-refractivity contribution >= 4 is 6.03 Å². The Balaban J connectivity index is 1.63. The summed E-state index contributed by atoms with van der Waals surface area (Å²) in [5, 5.41) is 12.5. The highest BCUT2D eigenvalue weighted by atomic mass is 16.5. The first-order valence-corrected chi connectivity index (χ1v) is 9.08. The first kappa shape index (κ1) is 17.2. The fourth-order valence-electron chi connectivity index (χ4n) is 3.83. The first-order chi connectivity index (χ1) is 11.8. The van der Waals surface area contributed by atoms with E-state index in [4.69, 9.17) is 4.74 Å². The average molecular weight is 332 g/mol. The van der Waals surface area contributed by atoms with Crippen molar-refractivity contribution in [3.8, 4) is 0 Å². The van der Waals surface area contributed by atoms with E-state index in [-0.39, 0.29) is 24.8 Å². The summed E-state index contributed by atoms with van der Waals surface area (Å²) in [7, 11) is 0. The molecule has 1 saturated heterocycles. The molecule has 1 aromatic carbocycles. The van der Waals surface area contributed by atoms with E-state index in [1.165, 1.54) is 31.2 Å². The van der Waals surface area contributed by atoms with Crippen LogP contribution in [0.5, 0.6) is 0 Å². The minimum atomic E-state index is -0.261. The van der Waals surface area contributed by atoms with Crippen LogP contribution in [-0.2, 0) is 11.2 Å². The summed E-state index contributed by atoms with van der Waals surface area (Å²) in [5.41, 5.74) is 1.27. The third-order valence-corrected chi connectivity index (χ3v) is 5.21. The van der Waals surface area contributed by atoms with Gasteiger partial charge in [0.05, 0.1) is 25.9 Å². The number of aliphatic hydroxyl groups excluding tert-OH is 1. The smallest absolute Gasteiger partial charge is 0.317 e. The summed E-state index contributed by atoms with van der Waals surface area (Å²) >= 11 is 0. The van der Waals surface area contributed by atoms with E-state index in [0.717, 1.165) is 6.42 Å². The molecule has 2 amide bonds. The fourth-order valence-corrected chi connectivity index (χ4v) is 3.83. The van der Waals surface area contributed by atoms with Gasteiger partial charge in [-0.25, -0.2) is 4.79 Å². The Kier molecular flexibility index (Phi) is 6.10. The second-order valence-corrected chi connectivity index (χ2v) is 6.91. The number of hydrogen-bond donors (Lipinski definition) is 2. The minimum absolute atomic E-state index is 0.0235. The summed E-state index contributed by atoms with van der Waals surface area (Å²) in [4.78, 5) is 14.5. The van der Waals surface area contributed by atoms with E-state index in [1.807, 2.05) is 6.07 Å². The van der Waals surface area contributed by atoms with Crippen LogP contribution in [0.25, 0.3) is 0 Å². The van der Waals surface area contributed by atoms with Crippen molar-refractivity contribution in [2.75, 3.05) is 26.3 Å². The monoisotopic (exact) mass is 332 g/mol. The van der Waals surface area contributed by atoms with E-state index < -0.39 is 0 Å². The van der Waals surface area contributed by atoms with E-state index in [2.05, 4.69) is 29.6 Å². The molecule has 1 aromatic rings. The summed E-state index contributed by atoms with van der Waals surface area (Å²) in [6, 6.07) is 10.5. The fraction of sp³-hybridized carbons (Fsp3) is 0.632. The molecule has 0 unspecified atom stereocenters. The highest BCUT2D eigenvalue weighted by Crippen LogP contribution is 2.29. The summed E-state index contributed by atoms with van der Waals surface area (Å²) in [6.07, 6.45) is 5.53. The van der Waals surface area contributed by atoms with Crippen molar-refractivity contribution in [1.82, 2.24) is 10.2 Å². The Morgan fingerprint density at radius 2 is 2.04 bits per heavy atom. The molecule has 1 aliphatic heterocycles. The van der Waals surface area contributed by atoms with Crippen LogP contribution in [0.3, 0.4) is 0 Å². The lowest BCUT2D eigenvalue weighted by molar-refractivity contribution is -0.0406. The molecule has 0 aromatic heterocycles. The lowest BCUT2D eigenvalue weighted by Crippen LogP contribution is -2.54. The number of nitrogens with one attached hydrogen (secondary N) is 1. The average Bonchev–Trinajstić information content (AvgIpc) is 3.16. The molecule has 1 saturated carbocycles. The lowest BCUT2D eigenvalue weighted by atomic mass is 9.92. The third-order valence-electron chi connectivity index (χ3n) is 5.21. The number of carbonyl (C=O) groups is 1. The van der Waals surface area contributed by atoms with Gasteiger partial charge in [-0.2, -0.15) is 0 Å². The zero-order chi connectivity index (χ0) is 16.8. The van der Waals surface area contributed by atoms with Gasteiger partial charge in [-0.05, 0) is 30.7 Å². The van der Waals surface area contributed by atoms with Gasteiger partial charge in [-0.15, -0.1) is 0 Å². The van der Waals surface area contributed by atoms with Crippen LogP contribution in [0.4, 0.5) is 4.79 Å². The lowest BCUT2D eigenvalue weighted by Gasteiger charge is -2.34. The molecule has 3 rings (SSSR count). The first-order valence-electron chi connectivity index (χ1n) is 9.08. The van der Waals surface area contributed by atoms with Crippen molar-refractivity contribution in [3.05, 3.63) is 35.9 Å². The number of nitrogens with zero attached hydrogens (tertiary/aromatic N) is 1. The molecule has 0 spiro atoms. The number of amides is 2. The molecular weight excluding hydrogens is 304 g/mol. The molecule has 1 aliphatic carbocycles. The summed E-state index contributed by atoms with van der Waals surface area (Å²) < 4.78 is 5.44. The highest BCUT2D eigenvalue weighted by molar-refractivity contribution is 5.74. The van der Waals surface area contributed by atoms with Gasteiger partial charge in [-0.1, -0.05) is 43.2 Å². The number of morpholine rings is 1. The minimum Gasteiger partial charge on any atom is -0.394 e. The maximum absolute atomic E-state index is 12.7. The molecule has 132 valence electrons. The number of urea groups is 1. The molecule has 24 heavy (non-hydrogen) atoms. The van der Waals surface area contributed by atoms with Crippen LogP contribution >= 0.6 is 0 Å². The number of aliphatic hydroxyl groups is 1. The Labute approximate surface area is 144 Å². The molecule has 1 heterocycles. The summed E-state index contributed by atoms with van der Waals surface area (Å²) in [6.45, 7) is 1.50. The van der Waals surface area contributed by atoms with E-state index >= 15 is 0 Å². The third kappa shape index (κ3) is 4.48. The maximum Gasteiger partial charge on any atom is 0.317 e. The van der Waals surface area contributed by atoms with Crippen molar-refractivity contribution in [3.63, 3.8) is 0 Å². The Morgan fingerprint density at radius 3 is 2.75 bits per heavy atom. The van der Waals surface area contributed by atoms with Crippen LogP contribution in [-0.4, -0.2) is 54.5 Å². The van der Waals surface area contributed by atoms with Crippen LogP contribution < -0.4 is 5.32 Å². The number of ether oxygens (including phenoxy) is 1. The van der Waals surface area contributed by atoms with Crippen LogP contribution in [0.1, 0.15) is 31.2 Å². The standard InChI is InChI=1S/C19H28N2O3/c22-14-17-13-21(10-11-24-17)19(23)20-18(16-8-4-5-9-16)12-15-6-2-1-3-7-15/h1-3,6-7,16-18,22H,4-5,8-14H2,(H,20,23)/t17-,18-/m0/s1. The van der Waals surface area contributed by atoms with Gasteiger partial charge in [0.15, 0.2) is 0 Å². The number of rotatable bonds is 5. The second-order valence-electron chi connectivity index (χ2n) is 6.91. The van der Waals surface area contributed by atoms with E-state index in [0.29, 0.717) is 25.6 Å². The molecule has 5 heteroatoms. The largest absolute Gasteiger partial charge is 0.394 e. The van der Waals surface area contributed by atoms with Gasteiger partial charge < -0.3 is 20.1 Å². The molecule has 0 radical (unpaired) electrons. The van der Waals surface area contributed by atoms with Gasteiger partial charge in [0.1, 0.15) is 0 Å². The van der Waals surface area contributed by atoms with Crippen LogP contribution in [0.15, 0.2) is 30.3 Å². The Bertz CT molecular complexity index is 517. The number of hydrogen-bond acceptors (Lipinski definition) is 3. The number of benzene rings is 1.